The number of amides is 1. The molecule has 1 fully saturated rings. The van der Waals surface area contributed by atoms with E-state index in [2.05, 4.69) is 15.3 Å². The molecule has 0 aliphatic heterocycles. The van der Waals surface area contributed by atoms with Gasteiger partial charge in [-0.2, -0.15) is 13.2 Å². The number of pyridine rings is 1. The molecule has 0 spiro atoms. The number of fused-ring (bicyclic) bond motifs is 3. The highest BCUT2D eigenvalue weighted by molar-refractivity contribution is 7.22. The lowest BCUT2D eigenvalue weighted by Crippen LogP contribution is -2.36. The molecule has 11 heteroatoms. The number of aliphatic carboxylic acids is 1. The number of thiazole rings is 1. The molecule has 1 aromatic carbocycles. The molecule has 2 heterocycles. The highest BCUT2D eigenvalue weighted by atomic mass is 32.1. The first kappa shape index (κ1) is 21.4. The molecule has 1 amide bonds. The van der Waals surface area contributed by atoms with Gasteiger partial charge in [0.1, 0.15) is 5.75 Å². The Morgan fingerprint density at radius 2 is 1.88 bits per heavy atom. The largest absolute Gasteiger partial charge is 0.481 e. The standard InChI is InChI=1S/C22H16F3N3O4S/c23-22(24,25)12-3-6-16(26-9-12)32-13-4-5-14-15(8-13)33-21(27-14)28-19(29)17-10-1-2-11(7-10)18(17)20(30)31/h1-6,8-11,17-18H,7H2,(H,30,31)(H,27,28,29). The minimum absolute atomic E-state index is 0.00412. The number of ether oxygens (including phenoxy) is 1. The molecule has 170 valence electrons. The fourth-order valence-electron chi connectivity index (χ4n) is 4.46. The molecule has 33 heavy (non-hydrogen) atoms. The van der Waals surface area contributed by atoms with E-state index < -0.39 is 29.5 Å². The molecular formula is C22H16F3N3O4S. The Hall–Kier alpha value is -3.47. The van der Waals surface area contributed by atoms with Gasteiger partial charge in [-0.15, -0.1) is 0 Å². The maximum atomic E-state index is 12.8. The Kier molecular flexibility index (Phi) is 5.08. The van der Waals surface area contributed by atoms with Crippen LogP contribution in [0.2, 0.25) is 0 Å². The van der Waals surface area contributed by atoms with Crippen molar-refractivity contribution in [2.75, 3.05) is 5.32 Å². The van der Waals surface area contributed by atoms with Crippen molar-refractivity contribution >= 4 is 38.6 Å². The van der Waals surface area contributed by atoms with Gasteiger partial charge in [0.2, 0.25) is 11.8 Å². The average molecular weight is 475 g/mol. The van der Waals surface area contributed by atoms with Gasteiger partial charge in [0.25, 0.3) is 0 Å². The van der Waals surface area contributed by atoms with Gasteiger partial charge in [-0.1, -0.05) is 23.5 Å². The molecule has 0 saturated heterocycles. The molecule has 2 N–H and O–H groups in total. The van der Waals surface area contributed by atoms with Crippen molar-refractivity contribution in [3.63, 3.8) is 0 Å². The molecule has 2 aromatic heterocycles. The van der Waals surface area contributed by atoms with Crippen molar-refractivity contribution in [1.29, 1.82) is 0 Å². The summed E-state index contributed by atoms with van der Waals surface area (Å²) in [7, 11) is 0. The number of aromatic nitrogens is 2. The highest BCUT2D eigenvalue weighted by Gasteiger charge is 2.51. The number of alkyl halides is 3. The second-order valence-corrected chi connectivity index (χ2v) is 8.99. The van der Waals surface area contributed by atoms with Crippen molar-refractivity contribution in [2.45, 2.75) is 12.6 Å². The fourth-order valence-corrected chi connectivity index (χ4v) is 5.35. The minimum Gasteiger partial charge on any atom is -0.481 e. The van der Waals surface area contributed by atoms with E-state index in [1.165, 1.54) is 11.3 Å². The Morgan fingerprint density at radius 1 is 1.12 bits per heavy atom. The van der Waals surface area contributed by atoms with E-state index in [9.17, 15) is 27.9 Å². The summed E-state index contributed by atoms with van der Waals surface area (Å²) < 4.78 is 44.2. The number of carbonyl (C=O) groups is 2. The number of nitrogens with zero attached hydrogens (tertiary/aromatic N) is 2. The number of anilines is 1. The summed E-state index contributed by atoms with van der Waals surface area (Å²) in [5.74, 6) is -2.61. The second-order valence-electron chi connectivity index (χ2n) is 7.96. The summed E-state index contributed by atoms with van der Waals surface area (Å²) in [4.78, 5) is 32.6. The van der Waals surface area contributed by atoms with Crippen LogP contribution in [-0.4, -0.2) is 27.0 Å². The van der Waals surface area contributed by atoms with Gasteiger partial charge in [0.15, 0.2) is 5.13 Å². The fraction of sp³-hybridized carbons (Fsp3) is 0.273. The summed E-state index contributed by atoms with van der Waals surface area (Å²) in [6, 6.07) is 6.90. The van der Waals surface area contributed by atoms with Crippen LogP contribution >= 0.6 is 11.3 Å². The Bertz CT molecular complexity index is 1270. The normalized spacial score (nSPS) is 23.7. The lowest BCUT2D eigenvalue weighted by Gasteiger charge is -2.23. The number of hydrogen-bond donors (Lipinski definition) is 2. The van der Waals surface area contributed by atoms with Crippen molar-refractivity contribution in [1.82, 2.24) is 9.97 Å². The van der Waals surface area contributed by atoms with Crippen LogP contribution in [0, 0.1) is 23.7 Å². The summed E-state index contributed by atoms with van der Waals surface area (Å²) >= 11 is 1.19. The third-order valence-corrected chi connectivity index (χ3v) is 6.86. The summed E-state index contributed by atoms with van der Waals surface area (Å²) in [6.07, 6.45) is 0.660. The topological polar surface area (TPSA) is 101 Å². The zero-order chi connectivity index (χ0) is 23.3. The number of carbonyl (C=O) groups excluding carboxylic acids is 1. The first-order valence-corrected chi connectivity index (χ1v) is 10.8. The lowest BCUT2D eigenvalue weighted by atomic mass is 9.82. The monoisotopic (exact) mass is 475 g/mol. The van der Waals surface area contributed by atoms with Gasteiger partial charge in [-0.25, -0.2) is 9.97 Å². The van der Waals surface area contributed by atoms with Crippen LogP contribution in [0.15, 0.2) is 48.7 Å². The summed E-state index contributed by atoms with van der Waals surface area (Å²) in [5, 5.41) is 12.6. The van der Waals surface area contributed by atoms with Crippen LogP contribution in [0.25, 0.3) is 10.2 Å². The predicted molar refractivity (Wildman–Crippen MR) is 113 cm³/mol. The van der Waals surface area contributed by atoms with Gasteiger partial charge in [-0.3, -0.25) is 9.59 Å². The van der Waals surface area contributed by atoms with E-state index in [4.69, 9.17) is 4.74 Å². The zero-order valence-corrected chi connectivity index (χ0v) is 17.6. The van der Waals surface area contributed by atoms with Crippen LogP contribution in [0.5, 0.6) is 11.6 Å². The van der Waals surface area contributed by atoms with Gasteiger partial charge in [-0.05, 0) is 36.5 Å². The van der Waals surface area contributed by atoms with Crippen molar-refractivity contribution in [2.24, 2.45) is 23.7 Å². The van der Waals surface area contributed by atoms with Crippen molar-refractivity contribution in [3.05, 3.63) is 54.2 Å². The van der Waals surface area contributed by atoms with E-state index in [-0.39, 0.29) is 23.6 Å². The molecule has 3 aromatic rings. The van der Waals surface area contributed by atoms with Crippen LogP contribution in [0.1, 0.15) is 12.0 Å². The quantitative estimate of drug-likeness (QED) is 0.506. The molecule has 2 bridgehead atoms. The van der Waals surface area contributed by atoms with E-state index in [1.54, 1.807) is 18.2 Å². The van der Waals surface area contributed by atoms with Gasteiger partial charge in [0.05, 0.1) is 27.6 Å². The molecular weight excluding hydrogens is 459 g/mol. The number of rotatable bonds is 5. The van der Waals surface area contributed by atoms with Crippen LogP contribution in [0.4, 0.5) is 18.3 Å². The van der Waals surface area contributed by atoms with Gasteiger partial charge in [0, 0.05) is 18.3 Å². The molecule has 1 saturated carbocycles. The van der Waals surface area contributed by atoms with Crippen molar-refractivity contribution in [3.8, 4) is 11.6 Å². The predicted octanol–water partition coefficient (Wildman–Crippen LogP) is 4.96. The zero-order valence-electron chi connectivity index (χ0n) is 16.7. The summed E-state index contributed by atoms with van der Waals surface area (Å²) in [5.41, 5.74) is -0.282. The molecule has 5 rings (SSSR count). The average Bonchev–Trinajstić information content (AvgIpc) is 3.47. The first-order chi connectivity index (χ1) is 15.7. The highest BCUT2D eigenvalue weighted by Crippen LogP contribution is 2.48. The molecule has 7 nitrogen and oxygen atoms in total. The number of hydrogen-bond acceptors (Lipinski definition) is 6. The van der Waals surface area contributed by atoms with E-state index >= 15 is 0 Å². The van der Waals surface area contributed by atoms with Gasteiger partial charge < -0.3 is 15.2 Å². The maximum absolute atomic E-state index is 12.8. The number of allylic oxidation sites excluding steroid dienone is 2. The van der Waals surface area contributed by atoms with E-state index in [0.717, 1.165) is 12.1 Å². The smallest absolute Gasteiger partial charge is 0.417 e. The minimum atomic E-state index is -4.48. The van der Waals surface area contributed by atoms with Gasteiger partial charge >= 0.3 is 12.1 Å². The number of carboxylic acids is 1. The van der Waals surface area contributed by atoms with Crippen LogP contribution in [-0.2, 0) is 15.8 Å². The number of nitrogens with one attached hydrogen (secondary N) is 1. The lowest BCUT2D eigenvalue weighted by molar-refractivity contribution is -0.146. The Labute approximate surface area is 188 Å². The van der Waals surface area contributed by atoms with E-state index in [0.29, 0.717) is 33.7 Å². The SMILES string of the molecule is O=C(O)C1C2C=CC(C2)C1C(=O)Nc1nc2ccc(Oc3ccc(C(F)(F)F)cn3)cc2s1. The summed E-state index contributed by atoms with van der Waals surface area (Å²) in [6.45, 7) is 0. The number of halogens is 3. The third kappa shape index (κ3) is 4.04. The Balaban J connectivity index is 1.31. The first-order valence-electron chi connectivity index (χ1n) is 10.0. The van der Waals surface area contributed by atoms with Crippen molar-refractivity contribution < 1.29 is 32.6 Å². The third-order valence-electron chi connectivity index (χ3n) is 5.92. The van der Waals surface area contributed by atoms with Crippen LogP contribution < -0.4 is 10.1 Å². The molecule has 4 atom stereocenters. The maximum Gasteiger partial charge on any atom is 0.417 e. The van der Waals surface area contributed by atoms with Crippen LogP contribution in [0.3, 0.4) is 0 Å². The molecule has 2 aliphatic carbocycles. The molecule has 0 radical (unpaired) electrons. The number of carboxylic acid groups (broad SMARTS) is 1. The van der Waals surface area contributed by atoms with E-state index in [1.807, 2.05) is 12.2 Å². The Morgan fingerprint density at radius 3 is 2.55 bits per heavy atom. The number of benzene rings is 1. The molecule has 2 aliphatic rings. The second kappa shape index (κ2) is 7.84. The molecule has 4 unspecified atom stereocenters.